The highest BCUT2D eigenvalue weighted by Crippen LogP contribution is 2.35. The molecule has 2 unspecified atom stereocenters. The molecule has 0 aliphatic carbocycles. The number of nitrogens with zero attached hydrogens (tertiary/aromatic N) is 1. The zero-order valence-electron chi connectivity index (χ0n) is 21.5. The molecular weight excluding hydrogens is 434 g/mol. The molecule has 0 saturated carbocycles. The minimum absolute atomic E-state index is 0.701. The zero-order valence-corrected chi connectivity index (χ0v) is 22.3. The summed E-state index contributed by atoms with van der Waals surface area (Å²) >= 11 is 1.87. The quantitative estimate of drug-likeness (QED) is 0.239. The molecule has 4 rings (SSSR count). The third-order valence-corrected chi connectivity index (χ3v) is 8.79. The van der Waals surface area contributed by atoms with Gasteiger partial charge in [0.2, 0.25) is 0 Å². The fraction of sp³-hybridized carbons (Fsp3) is 0.452. The van der Waals surface area contributed by atoms with E-state index in [9.17, 15) is 0 Å². The highest BCUT2D eigenvalue weighted by Gasteiger charge is 2.30. The number of likely N-dealkylation sites (tertiary alicyclic amines) is 1. The van der Waals surface area contributed by atoms with Crippen molar-refractivity contribution in [2.75, 3.05) is 13.7 Å². The van der Waals surface area contributed by atoms with Gasteiger partial charge in [-0.25, -0.2) is 0 Å². The fourth-order valence-electron chi connectivity index (χ4n) is 5.45. The number of rotatable bonds is 8. The summed E-state index contributed by atoms with van der Waals surface area (Å²) in [5, 5.41) is 0. The van der Waals surface area contributed by atoms with E-state index in [1.807, 2.05) is 11.3 Å². The van der Waals surface area contributed by atoms with Crippen molar-refractivity contribution in [3.05, 3.63) is 81.6 Å². The van der Waals surface area contributed by atoms with Gasteiger partial charge in [-0.15, -0.1) is 11.3 Å². The van der Waals surface area contributed by atoms with Crippen LogP contribution < -0.4 is 5.43 Å². The van der Waals surface area contributed by atoms with Crippen LogP contribution in [0.2, 0.25) is 0 Å². The molecule has 0 spiro atoms. The Hall–Kier alpha value is -2.23. The number of hydrogen-bond donors (Lipinski definition) is 0. The van der Waals surface area contributed by atoms with Crippen LogP contribution in [0.15, 0.2) is 65.1 Å². The van der Waals surface area contributed by atoms with E-state index in [1.54, 1.807) is 0 Å². The molecule has 0 amide bonds. The molecule has 3 heteroatoms. The van der Waals surface area contributed by atoms with Crippen LogP contribution in [0.4, 0.5) is 0 Å². The summed E-state index contributed by atoms with van der Waals surface area (Å²) in [6, 6.07) is 22.9. The molecule has 180 valence electrons. The average molecular weight is 475 g/mol. The van der Waals surface area contributed by atoms with Gasteiger partial charge in [0.15, 0.2) is 0 Å². The van der Waals surface area contributed by atoms with Gasteiger partial charge in [-0.05, 0) is 63.6 Å². The molecule has 1 saturated heterocycles. The van der Waals surface area contributed by atoms with E-state index in [2.05, 4.69) is 100 Å². The minimum Gasteiger partial charge on any atom is -0.300 e. The predicted molar refractivity (Wildman–Crippen MR) is 149 cm³/mol. The molecule has 1 aromatic heterocycles. The zero-order chi connectivity index (χ0) is 24.1. The van der Waals surface area contributed by atoms with Gasteiger partial charge in [0.25, 0.3) is 6.61 Å². The van der Waals surface area contributed by atoms with Gasteiger partial charge < -0.3 is 4.90 Å². The molecule has 34 heavy (non-hydrogen) atoms. The molecule has 1 fully saturated rings. The van der Waals surface area contributed by atoms with Gasteiger partial charge in [0, 0.05) is 28.3 Å². The number of benzene rings is 2. The topological polar surface area (TPSA) is 14.5 Å². The van der Waals surface area contributed by atoms with E-state index in [4.69, 9.17) is 4.42 Å². The molecule has 3 aromatic rings. The molecule has 2 heterocycles. The largest absolute Gasteiger partial charge is 0.352 e. The Balaban J connectivity index is 1.58. The van der Waals surface area contributed by atoms with Gasteiger partial charge in [-0.1, -0.05) is 74.5 Å². The molecule has 1 aliphatic heterocycles. The summed E-state index contributed by atoms with van der Waals surface area (Å²) in [6.45, 7) is 9.90. The molecular formula is C31H40NOS+. The summed E-state index contributed by atoms with van der Waals surface area (Å²) in [6.07, 6.45) is 6.31. The third kappa shape index (κ3) is 5.70. The van der Waals surface area contributed by atoms with E-state index >= 15 is 0 Å². The maximum atomic E-state index is 6.57. The van der Waals surface area contributed by atoms with E-state index < -0.39 is 0 Å². The SMILES string of the molecule is Cc1c(-c2ccccc2)sc(-c2ccccc2)c(C)c1=[O+]CCCC1CCC(CC(C)C)N1C. The Labute approximate surface area is 210 Å². The standard InChI is InChI=1S/C31H40NOS/c1-22(2)21-28-19-18-27(32(28)5)17-12-20-33-29-23(3)30(25-13-8-6-9-14-25)34-31(24(29)4)26-15-10-7-11-16-26/h6-11,13-16,22,27-28H,12,17-21H2,1-5H3/q+1. The Kier molecular flexibility index (Phi) is 8.39. The summed E-state index contributed by atoms with van der Waals surface area (Å²) in [5.41, 5.74) is 6.09. The first-order valence-corrected chi connectivity index (χ1v) is 13.7. The first-order chi connectivity index (χ1) is 16.5. The molecule has 1 aliphatic rings. The van der Waals surface area contributed by atoms with Gasteiger partial charge in [-0.2, -0.15) is 0 Å². The van der Waals surface area contributed by atoms with Gasteiger partial charge in [0.1, 0.15) is 0 Å². The summed E-state index contributed by atoms with van der Waals surface area (Å²) in [7, 11) is 2.33. The molecule has 0 bridgehead atoms. The van der Waals surface area contributed by atoms with Crippen LogP contribution in [0.1, 0.15) is 57.1 Å². The Morgan fingerprint density at radius 2 is 1.38 bits per heavy atom. The second kappa shape index (κ2) is 11.5. The second-order valence-corrected chi connectivity index (χ2v) is 11.3. The van der Waals surface area contributed by atoms with Crippen molar-refractivity contribution in [3.63, 3.8) is 0 Å². The van der Waals surface area contributed by atoms with E-state index in [-0.39, 0.29) is 0 Å². The highest BCUT2D eigenvalue weighted by molar-refractivity contribution is 7.18. The molecule has 2 nitrogen and oxygen atoms in total. The fourth-order valence-corrected chi connectivity index (χ4v) is 6.65. The van der Waals surface area contributed by atoms with Crippen LogP contribution in [0, 0.1) is 19.8 Å². The van der Waals surface area contributed by atoms with Crippen LogP contribution in [-0.2, 0) is 0 Å². The minimum atomic E-state index is 0.701. The lowest BCUT2D eigenvalue weighted by molar-refractivity contribution is 0.208. The van der Waals surface area contributed by atoms with Crippen LogP contribution in [0.5, 0.6) is 0 Å². The van der Waals surface area contributed by atoms with E-state index in [0.717, 1.165) is 30.4 Å². The van der Waals surface area contributed by atoms with Gasteiger partial charge in [0.05, 0.1) is 11.1 Å². The maximum Gasteiger partial charge on any atom is 0.352 e. The Morgan fingerprint density at radius 3 is 1.91 bits per heavy atom. The van der Waals surface area contributed by atoms with Crippen molar-refractivity contribution in [3.8, 4) is 20.9 Å². The summed E-state index contributed by atoms with van der Waals surface area (Å²) < 4.78 is 6.57. The van der Waals surface area contributed by atoms with Crippen LogP contribution in [0.3, 0.4) is 0 Å². The van der Waals surface area contributed by atoms with Crippen LogP contribution >= 0.6 is 11.3 Å². The van der Waals surface area contributed by atoms with Crippen LogP contribution in [0.25, 0.3) is 20.9 Å². The van der Waals surface area contributed by atoms with E-state index in [1.165, 1.54) is 57.7 Å². The molecule has 0 N–H and O–H groups in total. The average Bonchev–Trinajstić information content (AvgIpc) is 3.18. The van der Waals surface area contributed by atoms with Crippen molar-refractivity contribution < 1.29 is 0 Å². The third-order valence-electron chi connectivity index (χ3n) is 7.30. The number of hydrogen-bond acceptors (Lipinski definition) is 2. The van der Waals surface area contributed by atoms with Gasteiger partial charge in [-0.3, -0.25) is 4.42 Å². The lowest BCUT2D eigenvalue weighted by atomic mass is 10.0. The van der Waals surface area contributed by atoms with Crippen molar-refractivity contribution in [2.24, 2.45) is 5.92 Å². The smallest absolute Gasteiger partial charge is 0.300 e. The summed E-state index contributed by atoms with van der Waals surface area (Å²) in [4.78, 5) is 5.24. The molecule has 0 radical (unpaired) electrons. The Bertz CT molecular complexity index is 1070. The van der Waals surface area contributed by atoms with E-state index in [0.29, 0.717) is 6.04 Å². The van der Waals surface area contributed by atoms with Crippen LogP contribution in [-0.4, -0.2) is 30.6 Å². The maximum absolute atomic E-state index is 6.57. The lowest BCUT2D eigenvalue weighted by Gasteiger charge is -2.26. The lowest BCUT2D eigenvalue weighted by Crippen LogP contribution is -2.33. The first kappa shape index (κ1) is 24.9. The summed E-state index contributed by atoms with van der Waals surface area (Å²) in [5.74, 6) is 0.775. The molecule has 2 aromatic carbocycles. The molecule has 2 atom stereocenters. The second-order valence-electron chi connectivity index (χ2n) is 10.2. The first-order valence-electron chi connectivity index (χ1n) is 12.9. The van der Waals surface area contributed by atoms with Crippen molar-refractivity contribution in [1.29, 1.82) is 0 Å². The Morgan fingerprint density at radius 1 is 0.853 bits per heavy atom. The predicted octanol–water partition coefficient (Wildman–Crippen LogP) is 7.88. The van der Waals surface area contributed by atoms with Crippen molar-refractivity contribution in [1.82, 2.24) is 4.90 Å². The monoisotopic (exact) mass is 474 g/mol. The highest BCUT2D eigenvalue weighted by atomic mass is 32.1. The normalized spacial score (nSPS) is 18.5. The van der Waals surface area contributed by atoms with Crippen molar-refractivity contribution in [2.45, 2.75) is 71.9 Å². The van der Waals surface area contributed by atoms with Gasteiger partial charge >= 0.3 is 5.43 Å². The van der Waals surface area contributed by atoms with Crippen molar-refractivity contribution >= 4 is 11.3 Å².